The smallest absolute Gasteiger partial charge is 0.195 e. The van der Waals surface area contributed by atoms with Gasteiger partial charge in [0.25, 0.3) is 0 Å². The second kappa shape index (κ2) is 20.4. The maximum atomic E-state index is 12.4. The zero-order valence-electron chi connectivity index (χ0n) is 25.0. The Hall–Kier alpha value is -3.53. The number of benzene rings is 3. The highest BCUT2D eigenvalue weighted by Crippen LogP contribution is 2.18. The Bertz CT molecular complexity index is 1280. The fraction of sp³-hybridized carbons (Fsp3) is 0.447. The first-order valence-electron chi connectivity index (χ1n) is 15.8. The van der Waals surface area contributed by atoms with Crippen LogP contribution in [0.25, 0.3) is 10.8 Å². The van der Waals surface area contributed by atoms with Gasteiger partial charge >= 0.3 is 5.97 Å². The van der Waals surface area contributed by atoms with Gasteiger partial charge in [0.1, 0.15) is 5.56 Å². The van der Waals surface area contributed by atoms with Crippen LogP contribution >= 0.6 is 0 Å². The first-order chi connectivity index (χ1) is 20.3. The molecule has 0 unspecified atom stereocenters. The third-order valence-corrected chi connectivity index (χ3v) is 7.44. The maximum absolute atomic E-state index is 12.4. The molecule has 1 N–H and O–H groups in total. The average molecular weight is 550 g/mol. The number of fused-ring (bicyclic) bond motifs is 1. The molecule has 3 aromatic carbocycles. The van der Waals surface area contributed by atoms with Gasteiger partial charge in [0, 0.05) is 12.0 Å². The van der Waals surface area contributed by atoms with Gasteiger partial charge in [-0.15, -0.1) is 0 Å². The average Bonchev–Trinajstić information content (AvgIpc) is 3.01. The van der Waals surface area contributed by atoms with Crippen molar-refractivity contribution in [2.75, 3.05) is 0 Å². The van der Waals surface area contributed by atoms with Gasteiger partial charge in [-0.25, -0.2) is 0 Å². The summed E-state index contributed by atoms with van der Waals surface area (Å²) in [6, 6.07) is 21.4. The Labute approximate surface area is 248 Å². The minimum atomic E-state index is -0.419. The van der Waals surface area contributed by atoms with Crippen LogP contribution in [0, 0.1) is 23.7 Å². The molecule has 0 aromatic heterocycles. The van der Waals surface area contributed by atoms with Crippen LogP contribution in [0.3, 0.4) is 0 Å². The topological polar surface area (TPSA) is 41.2 Å². The predicted octanol–water partition coefficient (Wildman–Crippen LogP) is 9.93. The van der Waals surface area contributed by atoms with Crippen LogP contribution in [0.5, 0.6) is 0 Å². The van der Waals surface area contributed by atoms with E-state index in [2.05, 4.69) is 54.3 Å². The lowest BCUT2D eigenvalue weighted by atomic mass is 10.0. The Morgan fingerprint density at radius 3 is 1.98 bits per heavy atom. The molecule has 41 heavy (non-hydrogen) atoms. The van der Waals surface area contributed by atoms with Crippen molar-refractivity contribution >= 4 is 16.7 Å². The summed E-state index contributed by atoms with van der Waals surface area (Å²) in [5.41, 5.74) is 5.18. The Balaban J connectivity index is 1.22. The lowest BCUT2D eigenvalue weighted by Crippen LogP contribution is -2.19. The standard InChI is InChI=1S/C38H47NO2/c1-2-3-4-5-6-7-8-9-10-11-12-13-14-15-16-17-18-19-23-33-28-30-35(31-29-33)38(40)41-39-32-36-26-22-25-34-24-20-21-27-37(34)36/h20-22,24-31,39H,2-16,32H2,1H3/q+1. The second-order valence-corrected chi connectivity index (χ2v) is 10.8. The van der Waals surface area contributed by atoms with E-state index in [0.29, 0.717) is 12.1 Å². The molecule has 215 valence electrons. The SMILES string of the molecule is CCCCCCCCCCCCCCCCC#CC#Cc1ccc(C(=[O+])ONCc2cccc3ccccc23)cc1. The number of rotatable bonds is 18. The number of carbonyl (C=O) groups is 1. The third-order valence-electron chi connectivity index (χ3n) is 7.44. The van der Waals surface area contributed by atoms with Crippen LogP contribution in [-0.2, 0) is 11.4 Å². The Morgan fingerprint density at radius 2 is 1.29 bits per heavy atom. The van der Waals surface area contributed by atoms with Crippen LogP contribution in [0.4, 0.5) is 0 Å². The van der Waals surface area contributed by atoms with Crippen LogP contribution < -0.4 is 5.48 Å². The van der Waals surface area contributed by atoms with Crippen LogP contribution in [0.2, 0.25) is 0 Å². The maximum Gasteiger partial charge on any atom is 0.630 e. The fourth-order valence-corrected chi connectivity index (χ4v) is 4.99. The zero-order chi connectivity index (χ0) is 28.8. The van der Waals surface area contributed by atoms with Crippen molar-refractivity contribution < 1.29 is 9.63 Å². The minimum absolute atomic E-state index is 0.419. The summed E-state index contributed by atoms with van der Waals surface area (Å²) >= 11 is 0. The lowest BCUT2D eigenvalue weighted by Gasteiger charge is -2.04. The summed E-state index contributed by atoms with van der Waals surface area (Å²) in [5.74, 6) is 11.7. The van der Waals surface area contributed by atoms with Gasteiger partial charge in [-0.1, -0.05) is 145 Å². The van der Waals surface area contributed by atoms with Crippen LogP contribution in [0.15, 0.2) is 66.7 Å². The molecule has 0 spiro atoms. The van der Waals surface area contributed by atoms with Crippen molar-refractivity contribution in [1.82, 2.24) is 5.48 Å². The van der Waals surface area contributed by atoms with E-state index in [1.54, 1.807) is 12.1 Å². The number of hydroxylamine groups is 1. The first kappa shape index (κ1) is 32.0. The lowest BCUT2D eigenvalue weighted by molar-refractivity contribution is 0.0238. The summed E-state index contributed by atoms with van der Waals surface area (Å²) in [4.78, 5) is 17.7. The predicted molar refractivity (Wildman–Crippen MR) is 172 cm³/mol. The number of hydrogen-bond acceptors (Lipinski definition) is 3. The molecule has 0 fully saturated rings. The molecule has 3 nitrogen and oxygen atoms in total. The van der Waals surface area contributed by atoms with Crippen molar-refractivity contribution in [2.24, 2.45) is 0 Å². The van der Waals surface area contributed by atoms with Crippen LogP contribution in [-0.4, -0.2) is 5.97 Å². The fourth-order valence-electron chi connectivity index (χ4n) is 4.99. The molecule has 0 amide bonds. The summed E-state index contributed by atoms with van der Waals surface area (Å²) in [6.45, 7) is 2.72. The summed E-state index contributed by atoms with van der Waals surface area (Å²) in [5, 5.41) is 2.30. The molecular weight excluding hydrogens is 502 g/mol. The van der Waals surface area contributed by atoms with Gasteiger partial charge < -0.3 is 0 Å². The molecule has 0 aliphatic rings. The van der Waals surface area contributed by atoms with Crippen molar-refractivity contribution in [1.29, 1.82) is 0 Å². The highest BCUT2D eigenvalue weighted by Gasteiger charge is 2.21. The molecule has 1 radical (unpaired) electrons. The summed E-state index contributed by atoms with van der Waals surface area (Å²) < 4.78 is 0. The van der Waals surface area contributed by atoms with Gasteiger partial charge in [0.15, 0.2) is 0 Å². The van der Waals surface area contributed by atoms with Crippen molar-refractivity contribution in [3.63, 3.8) is 0 Å². The second-order valence-electron chi connectivity index (χ2n) is 10.8. The van der Waals surface area contributed by atoms with Gasteiger partial charge in [-0.3, -0.25) is 0 Å². The van der Waals surface area contributed by atoms with E-state index in [4.69, 9.17) is 4.84 Å². The zero-order valence-corrected chi connectivity index (χ0v) is 25.0. The Morgan fingerprint density at radius 1 is 0.683 bits per heavy atom. The number of unbranched alkanes of at least 4 members (excludes halogenated alkanes) is 14. The number of hydrogen-bond donors (Lipinski definition) is 1. The van der Waals surface area contributed by atoms with Crippen molar-refractivity contribution in [3.05, 3.63) is 83.4 Å². The van der Waals surface area contributed by atoms with Gasteiger partial charge in [0.05, 0.1) is 11.3 Å². The quantitative estimate of drug-likeness (QED) is 0.0743. The summed E-state index contributed by atoms with van der Waals surface area (Å²) in [7, 11) is 0. The highest BCUT2D eigenvalue weighted by molar-refractivity contribution is 5.89. The van der Waals surface area contributed by atoms with E-state index in [0.717, 1.165) is 34.7 Å². The first-order valence-corrected chi connectivity index (χ1v) is 15.8. The van der Waals surface area contributed by atoms with E-state index in [9.17, 15) is 4.79 Å². The van der Waals surface area contributed by atoms with E-state index in [1.807, 2.05) is 36.4 Å². The number of nitrogens with one attached hydrogen (secondary N) is 1. The molecule has 0 bridgehead atoms. The van der Waals surface area contributed by atoms with Gasteiger partial charge in [-0.05, 0) is 64.3 Å². The molecule has 3 aromatic rings. The highest BCUT2D eigenvalue weighted by atomic mass is 16.7. The molecule has 0 saturated heterocycles. The van der Waals surface area contributed by atoms with Crippen molar-refractivity contribution in [2.45, 2.75) is 110 Å². The molecular formula is C38H47NO2+. The number of carbonyl (C=O) groups excluding carboxylic acids is 1. The van der Waals surface area contributed by atoms with Crippen molar-refractivity contribution in [3.8, 4) is 23.7 Å². The third kappa shape index (κ3) is 13.1. The summed E-state index contributed by atoms with van der Waals surface area (Å²) in [6.07, 6.45) is 20.1. The van der Waals surface area contributed by atoms with E-state index in [1.165, 1.54) is 83.5 Å². The minimum Gasteiger partial charge on any atom is -0.195 e. The van der Waals surface area contributed by atoms with E-state index < -0.39 is 5.97 Å². The molecule has 0 atom stereocenters. The normalized spacial score (nSPS) is 10.5. The molecule has 3 rings (SSSR count). The van der Waals surface area contributed by atoms with E-state index >= 15 is 0 Å². The van der Waals surface area contributed by atoms with Gasteiger partial charge in [0.2, 0.25) is 0 Å². The van der Waals surface area contributed by atoms with Gasteiger partial charge in [-0.2, -0.15) is 4.84 Å². The molecule has 0 saturated carbocycles. The molecule has 0 aliphatic carbocycles. The van der Waals surface area contributed by atoms with E-state index in [-0.39, 0.29) is 0 Å². The van der Waals surface area contributed by atoms with Crippen LogP contribution in [0.1, 0.15) is 125 Å². The molecule has 0 aliphatic heterocycles. The molecule has 3 heteroatoms. The Kier molecular flexibility index (Phi) is 15.9. The molecule has 0 heterocycles. The monoisotopic (exact) mass is 549 g/mol. The largest absolute Gasteiger partial charge is 0.630 e.